The quantitative estimate of drug-likeness (QED) is 0.526. The van der Waals surface area contributed by atoms with Crippen molar-refractivity contribution in [1.82, 2.24) is 4.57 Å². The summed E-state index contributed by atoms with van der Waals surface area (Å²) in [4.78, 5) is 0. The zero-order chi connectivity index (χ0) is 14.6. The second kappa shape index (κ2) is 4.34. The summed E-state index contributed by atoms with van der Waals surface area (Å²) in [7, 11) is -0.989. The van der Waals surface area contributed by atoms with Crippen LogP contribution in [0, 0.1) is 5.82 Å². The van der Waals surface area contributed by atoms with Gasteiger partial charge in [0.15, 0.2) is 0 Å². The maximum atomic E-state index is 14.4. The number of hydrogen-bond acceptors (Lipinski definition) is 3. The lowest BCUT2D eigenvalue weighted by molar-refractivity contribution is 0.275. The van der Waals surface area contributed by atoms with Gasteiger partial charge in [-0.15, -0.1) is 0 Å². The molecule has 3 aromatic rings. The summed E-state index contributed by atoms with van der Waals surface area (Å²) in [5.74, 6) is -0.347. The first-order chi connectivity index (χ1) is 10.1. The average molecular weight is 282 g/mol. The van der Waals surface area contributed by atoms with Crippen LogP contribution >= 0.6 is 0 Å². The maximum absolute atomic E-state index is 14.4. The smallest absolute Gasteiger partial charge is 0.423 e. The van der Waals surface area contributed by atoms with E-state index in [4.69, 9.17) is 10.4 Å². The fraction of sp³-hybridized carbons (Fsp3) is 0.0667. The van der Waals surface area contributed by atoms with Crippen LogP contribution in [0.1, 0.15) is 5.56 Å². The molecule has 0 fully saturated rings. The van der Waals surface area contributed by atoms with Crippen molar-refractivity contribution < 1.29 is 14.1 Å². The molecular weight excluding hydrogens is 270 g/mol. The summed E-state index contributed by atoms with van der Waals surface area (Å²) in [6.07, 6.45) is 1.79. The van der Waals surface area contributed by atoms with E-state index in [1.54, 1.807) is 22.9 Å². The van der Waals surface area contributed by atoms with Crippen molar-refractivity contribution >= 4 is 29.2 Å². The first kappa shape index (κ1) is 12.4. The second-order valence-electron chi connectivity index (χ2n) is 5.17. The van der Waals surface area contributed by atoms with Crippen LogP contribution in [0.2, 0.25) is 0 Å². The van der Waals surface area contributed by atoms with Gasteiger partial charge in [0, 0.05) is 17.3 Å². The fourth-order valence-electron chi connectivity index (χ4n) is 2.79. The largest absolute Gasteiger partial charge is 0.491 e. The Balaban J connectivity index is 1.95. The van der Waals surface area contributed by atoms with E-state index in [-0.39, 0.29) is 12.4 Å². The molecule has 3 N–H and O–H groups in total. The number of fused-ring (bicyclic) bond motifs is 2. The Kier molecular flexibility index (Phi) is 2.57. The molecule has 1 aliphatic rings. The molecule has 0 unspecified atom stereocenters. The van der Waals surface area contributed by atoms with Crippen LogP contribution in [0.4, 0.5) is 10.1 Å². The highest BCUT2D eigenvalue weighted by atomic mass is 19.1. The van der Waals surface area contributed by atoms with Crippen molar-refractivity contribution in [2.75, 3.05) is 5.73 Å². The first-order valence-corrected chi connectivity index (χ1v) is 6.62. The molecule has 0 atom stereocenters. The van der Waals surface area contributed by atoms with Crippen LogP contribution < -0.4 is 11.2 Å². The predicted molar refractivity (Wildman–Crippen MR) is 80.0 cm³/mol. The lowest BCUT2D eigenvalue weighted by Crippen LogP contribution is -2.28. The number of aromatic nitrogens is 1. The van der Waals surface area contributed by atoms with Crippen LogP contribution in [-0.2, 0) is 11.3 Å². The molecule has 21 heavy (non-hydrogen) atoms. The van der Waals surface area contributed by atoms with Crippen molar-refractivity contribution in [3.05, 3.63) is 54.0 Å². The Labute approximate surface area is 120 Å². The van der Waals surface area contributed by atoms with Crippen molar-refractivity contribution in [2.24, 2.45) is 0 Å². The number of nitrogen functional groups attached to an aromatic ring is 1. The van der Waals surface area contributed by atoms with E-state index in [0.29, 0.717) is 22.4 Å². The Morgan fingerprint density at radius 1 is 1.24 bits per heavy atom. The number of hydrogen-bond donors (Lipinski definition) is 2. The van der Waals surface area contributed by atoms with E-state index in [2.05, 4.69) is 0 Å². The number of rotatable bonds is 1. The minimum Gasteiger partial charge on any atom is -0.423 e. The highest BCUT2D eigenvalue weighted by Crippen LogP contribution is 2.25. The summed E-state index contributed by atoms with van der Waals surface area (Å²) < 4.78 is 21.2. The monoisotopic (exact) mass is 282 g/mol. The highest BCUT2D eigenvalue weighted by Gasteiger charge is 2.29. The lowest BCUT2D eigenvalue weighted by Gasteiger charge is -2.10. The Morgan fingerprint density at radius 2 is 2.10 bits per heavy atom. The van der Waals surface area contributed by atoms with Crippen LogP contribution in [-0.4, -0.2) is 16.7 Å². The molecule has 4 rings (SSSR count). The standard InChI is InChI=1S/C15H12BFN2O2/c17-13-6-10-8-21-16(20)12(10)7-15(13)19-4-3-9-5-11(18)1-2-14(9)19/h1-7,20H,8,18H2. The summed E-state index contributed by atoms with van der Waals surface area (Å²) in [5.41, 5.74) is 8.97. The third kappa shape index (κ3) is 1.84. The fourth-order valence-corrected chi connectivity index (χ4v) is 2.79. The van der Waals surface area contributed by atoms with Gasteiger partial charge in [-0.1, -0.05) is 0 Å². The van der Waals surface area contributed by atoms with Gasteiger partial charge in [-0.3, -0.25) is 0 Å². The molecule has 0 amide bonds. The third-order valence-corrected chi connectivity index (χ3v) is 3.85. The Bertz CT molecular complexity index is 862. The molecule has 0 bridgehead atoms. The normalized spacial score (nSPS) is 13.9. The summed E-state index contributed by atoms with van der Waals surface area (Å²) in [6.45, 7) is 0.233. The van der Waals surface area contributed by atoms with Gasteiger partial charge in [0.1, 0.15) is 5.82 Å². The molecule has 0 saturated carbocycles. The van der Waals surface area contributed by atoms with E-state index in [1.165, 1.54) is 6.07 Å². The molecule has 2 aromatic carbocycles. The second-order valence-corrected chi connectivity index (χ2v) is 5.17. The number of halogens is 1. The van der Waals surface area contributed by atoms with Crippen molar-refractivity contribution in [3.8, 4) is 5.69 Å². The van der Waals surface area contributed by atoms with Gasteiger partial charge in [-0.05, 0) is 47.4 Å². The van der Waals surface area contributed by atoms with Crippen molar-refractivity contribution in [3.63, 3.8) is 0 Å². The molecule has 2 heterocycles. The van der Waals surface area contributed by atoms with Crippen LogP contribution in [0.3, 0.4) is 0 Å². The van der Waals surface area contributed by atoms with Crippen LogP contribution in [0.25, 0.3) is 16.6 Å². The van der Waals surface area contributed by atoms with Gasteiger partial charge >= 0.3 is 7.12 Å². The Hall–Kier alpha value is -2.31. The summed E-state index contributed by atoms with van der Waals surface area (Å²) >= 11 is 0. The van der Waals surface area contributed by atoms with Crippen LogP contribution in [0.15, 0.2) is 42.6 Å². The van der Waals surface area contributed by atoms with E-state index >= 15 is 0 Å². The first-order valence-electron chi connectivity index (χ1n) is 6.62. The van der Waals surface area contributed by atoms with E-state index in [9.17, 15) is 9.41 Å². The molecule has 0 spiro atoms. The molecule has 1 aromatic heterocycles. The molecule has 4 nitrogen and oxygen atoms in total. The van der Waals surface area contributed by atoms with Gasteiger partial charge in [0.05, 0.1) is 17.8 Å². The van der Waals surface area contributed by atoms with Crippen LogP contribution in [0.5, 0.6) is 0 Å². The minimum absolute atomic E-state index is 0.233. The zero-order valence-electron chi connectivity index (χ0n) is 11.1. The Morgan fingerprint density at radius 3 is 2.95 bits per heavy atom. The average Bonchev–Trinajstić information content (AvgIpc) is 3.02. The van der Waals surface area contributed by atoms with Gasteiger partial charge in [-0.25, -0.2) is 4.39 Å². The number of nitrogens with zero attached hydrogens (tertiary/aromatic N) is 1. The van der Waals surface area contributed by atoms with Gasteiger partial charge in [0.25, 0.3) is 0 Å². The molecule has 0 saturated heterocycles. The SMILES string of the molecule is Nc1ccc2c(ccn2-c2cc3c(cc2F)COB3O)c1. The molecule has 0 aliphatic carbocycles. The molecule has 6 heteroatoms. The van der Waals surface area contributed by atoms with Gasteiger partial charge in [0.2, 0.25) is 0 Å². The number of nitrogens with two attached hydrogens (primary N) is 1. The summed E-state index contributed by atoms with van der Waals surface area (Å²) in [5, 5.41) is 10.7. The van der Waals surface area contributed by atoms with Crippen molar-refractivity contribution in [2.45, 2.75) is 6.61 Å². The highest BCUT2D eigenvalue weighted by molar-refractivity contribution is 6.61. The lowest BCUT2D eigenvalue weighted by atomic mass is 9.79. The topological polar surface area (TPSA) is 60.4 Å². The number of benzene rings is 2. The van der Waals surface area contributed by atoms with Crippen molar-refractivity contribution in [1.29, 1.82) is 0 Å². The molecule has 1 aliphatic heterocycles. The summed E-state index contributed by atoms with van der Waals surface area (Å²) in [6, 6.07) is 10.4. The molecule has 0 radical (unpaired) electrons. The maximum Gasteiger partial charge on any atom is 0.491 e. The zero-order valence-corrected chi connectivity index (χ0v) is 11.1. The third-order valence-electron chi connectivity index (χ3n) is 3.85. The molecule has 104 valence electrons. The van der Waals surface area contributed by atoms with Gasteiger partial charge in [-0.2, -0.15) is 0 Å². The minimum atomic E-state index is -0.989. The predicted octanol–water partition coefficient (Wildman–Crippen LogP) is 1.57. The van der Waals surface area contributed by atoms with E-state index in [0.717, 1.165) is 10.9 Å². The van der Waals surface area contributed by atoms with E-state index in [1.807, 2.05) is 18.2 Å². The van der Waals surface area contributed by atoms with E-state index < -0.39 is 7.12 Å². The number of anilines is 1. The van der Waals surface area contributed by atoms with Gasteiger partial charge < -0.3 is 20.0 Å². The molecular formula is C15H12BFN2O2.